The summed E-state index contributed by atoms with van der Waals surface area (Å²) in [5, 5.41) is 3.09. The van der Waals surface area contributed by atoms with E-state index < -0.39 is 32.7 Å². The molecule has 0 aliphatic carbocycles. The normalized spacial score (nSPS) is 21.2. The molecule has 2 atom stereocenters. The van der Waals surface area contributed by atoms with Gasteiger partial charge in [0.25, 0.3) is 0 Å². The molecule has 0 saturated carbocycles. The van der Waals surface area contributed by atoms with Gasteiger partial charge in [-0.15, -0.1) is 0 Å². The lowest BCUT2D eigenvalue weighted by atomic mass is 9.93. The number of carbonyl (C=O) groups excluding carboxylic acids is 1. The van der Waals surface area contributed by atoms with Crippen LogP contribution in [-0.2, 0) is 40.5 Å². The molecule has 7 nitrogen and oxygen atoms in total. The Morgan fingerprint density at radius 2 is 1.73 bits per heavy atom. The lowest BCUT2D eigenvalue weighted by Gasteiger charge is -2.36. The van der Waals surface area contributed by atoms with E-state index in [9.17, 15) is 26.4 Å². The predicted octanol–water partition coefficient (Wildman–Crippen LogP) is 5.84. The van der Waals surface area contributed by atoms with Crippen LogP contribution in [0.3, 0.4) is 0 Å². The average molecular weight is 628 g/mol. The highest BCUT2D eigenvalue weighted by Crippen LogP contribution is 2.36. The number of halogens is 3. The van der Waals surface area contributed by atoms with E-state index in [4.69, 9.17) is 4.74 Å². The van der Waals surface area contributed by atoms with Gasteiger partial charge in [0.05, 0.1) is 23.1 Å². The molecule has 0 aromatic heterocycles. The van der Waals surface area contributed by atoms with Crippen molar-refractivity contribution in [1.82, 2.24) is 14.5 Å². The third kappa shape index (κ3) is 6.64. The highest BCUT2D eigenvalue weighted by molar-refractivity contribution is 7.89. The number of likely N-dealkylation sites (tertiary alicyclic amines) is 1. The van der Waals surface area contributed by atoms with E-state index in [0.29, 0.717) is 19.1 Å². The van der Waals surface area contributed by atoms with Crippen LogP contribution in [0, 0.1) is 0 Å². The van der Waals surface area contributed by atoms with Crippen LogP contribution in [0.5, 0.6) is 5.75 Å². The van der Waals surface area contributed by atoms with Gasteiger partial charge in [-0.25, -0.2) is 8.42 Å². The topological polar surface area (TPSA) is 79.0 Å². The molecule has 1 saturated heterocycles. The molecule has 0 radical (unpaired) electrons. The minimum atomic E-state index is -4.69. The summed E-state index contributed by atoms with van der Waals surface area (Å²) < 4.78 is 75.0. The molecule has 1 fully saturated rings. The van der Waals surface area contributed by atoms with Crippen molar-refractivity contribution in [1.29, 1.82) is 0 Å². The number of benzene rings is 3. The Morgan fingerprint density at radius 3 is 2.50 bits per heavy atom. The van der Waals surface area contributed by atoms with E-state index in [1.165, 1.54) is 29.6 Å². The Hall–Kier alpha value is -3.41. The lowest BCUT2D eigenvalue weighted by molar-refractivity contribution is -0.137. The molecule has 3 aromatic carbocycles. The molecule has 44 heavy (non-hydrogen) atoms. The van der Waals surface area contributed by atoms with Crippen molar-refractivity contribution in [2.45, 2.75) is 74.8 Å². The highest BCUT2D eigenvalue weighted by Gasteiger charge is 2.39. The van der Waals surface area contributed by atoms with Gasteiger partial charge in [0.2, 0.25) is 15.9 Å². The zero-order valence-electron chi connectivity index (χ0n) is 24.4. The maximum atomic E-state index is 13.8. The molecule has 11 heteroatoms. The number of piperidine rings is 1. The zero-order valence-corrected chi connectivity index (χ0v) is 25.2. The number of amides is 1. The summed E-state index contributed by atoms with van der Waals surface area (Å²) in [4.78, 5) is 15.5. The summed E-state index contributed by atoms with van der Waals surface area (Å²) in [5.41, 5.74) is 2.68. The molecule has 234 valence electrons. The van der Waals surface area contributed by atoms with Gasteiger partial charge >= 0.3 is 6.18 Å². The van der Waals surface area contributed by atoms with Crippen LogP contribution in [0.25, 0.3) is 0 Å². The maximum absolute atomic E-state index is 13.8. The van der Waals surface area contributed by atoms with Crippen LogP contribution in [-0.4, -0.2) is 49.3 Å². The third-order valence-electron chi connectivity index (χ3n) is 8.80. The van der Waals surface area contributed by atoms with Crippen LogP contribution in [0.15, 0.2) is 71.6 Å². The summed E-state index contributed by atoms with van der Waals surface area (Å²) in [6, 6.07) is 16.2. The number of fused-ring (bicyclic) bond motifs is 2. The second-order valence-corrected chi connectivity index (χ2v) is 13.8. The molecular weight excluding hydrogens is 591 g/mol. The van der Waals surface area contributed by atoms with Crippen molar-refractivity contribution in [3.8, 4) is 5.75 Å². The van der Waals surface area contributed by atoms with Crippen molar-refractivity contribution in [2.75, 3.05) is 19.7 Å². The standard InChI is InChI=1S/C33H36F3N3O4S/c34-33(35,36)26-9-6-10-28(19-26)44(41,42)39-22-25-8-3-2-7-24(25)18-27(39)20-32(40)37-30-13-16-43-31-17-23(11-12-29(30)31)21-38-14-4-1-5-15-38/h2-3,6-12,17,19,27,30H,1,4-5,13-16,18,20-22H2,(H,37,40)/t27-,30-/m1/s1. The third-order valence-corrected chi connectivity index (χ3v) is 10.7. The number of carbonyl (C=O) groups is 1. The number of rotatable bonds is 7. The van der Waals surface area contributed by atoms with Crippen LogP contribution >= 0.6 is 0 Å². The molecular formula is C33H36F3N3O4S. The first-order valence-electron chi connectivity index (χ1n) is 15.1. The maximum Gasteiger partial charge on any atom is 0.416 e. The van der Waals surface area contributed by atoms with Crippen molar-refractivity contribution < 1.29 is 31.1 Å². The molecule has 6 rings (SSSR count). The SMILES string of the molecule is O=C(C[C@H]1Cc2ccccc2CN1S(=O)(=O)c1cccc(C(F)(F)F)c1)N[C@@H]1CCOc2cc(CN3CCCCC3)ccc21. The summed E-state index contributed by atoms with van der Waals surface area (Å²) in [6.07, 6.45) is -0.287. The van der Waals surface area contributed by atoms with Crippen molar-refractivity contribution in [3.63, 3.8) is 0 Å². The first kappa shape index (κ1) is 30.6. The Morgan fingerprint density at radius 1 is 0.955 bits per heavy atom. The van der Waals surface area contributed by atoms with Gasteiger partial charge in [0.15, 0.2) is 0 Å². The smallest absolute Gasteiger partial charge is 0.416 e. The molecule has 0 bridgehead atoms. The van der Waals surface area contributed by atoms with Gasteiger partial charge in [-0.05, 0) is 73.3 Å². The first-order chi connectivity index (χ1) is 21.1. The molecule has 1 amide bonds. The average Bonchev–Trinajstić information content (AvgIpc) is 3.01. The van der Waals surface area contributed by atoms with Crippen LogP contribution in [0.2, 0.25) is 0 Å². The molecule has 0 unspecified atom stereocenters. The van der Waals surface area contributed by atoms with Gasteiger partial charge in [0.1, 0.15) is 5.75 Å². The Labute approximate surface area is 256 Å². The molecule has 3 heterocycles. The predicted molar refractivity (Wildman–Crippen MR) is 159 cm³/mol. The van der Waals surface area contributed by atoms with Crippen molar-refractivity contribution in [2.24, 2.45) is 0 Å². The largest absolute Gasteiger partial charge is 0.493 e. The lowest BCUT2D eigenvalue weighted by Crippen LogP contribution is -2.47. The van der Waals surface area contributed by atoms with E-state index in [1.807, 2.05) is 24.3 Å². The number of sulfonamides is 1. The second kappa shape index (κ2) is 12.5. The molecule has 1 N–H and O–H groups in total. The van der Waals surface area contributed by atoms with Gasteiger partial charge in [0, 0.05) is 37.5 Å². The highest BCUT2D eigenvalue weighted by atomic mass is 32.2. The number of hydrogen-bond donors (Lipinski definition) is 1. The Bertz CT molecular complexity index is 1620. The zero-order chi connectivity index (χ0) is 30.9. The number of ether oxygens (including phenoxy) is 1. The number of alkyl halides is 3. The van der Waals surface area contributed by atoms with E-state index >= 15 is 0 Å². The Kier molecular flexibility index (Phi) is 8.72. The molecule has 0 spiro atoms. The number of nitrogens with one attached hydrogen (secondary N) is 1. The quantitative estimate of drug-likeness (QED) is 0.357. The summed E-state index contributed by atoms with van der Waals surface area (Å²) >= 11 is 0. The van der Waals surface area contributed by atoms with Gasteiger partial charge < -0.3 is 10.1 Å². The van der Waals surface area contributed by atoms with Crippen LogP contribution in [0.4, 0.5) is 13.2 Å². The fourth-order valence-electron chi connectivity index (χ4n) is 6.51. The van der Waals surface area contributed by atoms with Gasteiger partial charge in [-0.3, -0.25) is 9.69 Å². The van der Waals surface area contributed by atoms with Gasteiger partial charge in [-0.1, -0.05) is 48.9 Å². The minimum absolute atomic E-state index is 0.0351. The fourth-order valence-corrected chi connectivity index (χ4v) is 8.16. The minimum Gasteiger partial charge on any atom is -0.493 e. The summed E-state index contributed by atoms with van der Waals surface area (Å²) in [5.74, 6) is 0.422. The van der Waals surface area contributed by atoms with E-state index in [1.54, 1.807) is 12.1 Å². The van der Waals surface area contributed by atoms with E-state index in [-0.39, 0.29) is 31.3 Å². The van der Waals surface area contributed by atoms with E-state index in [2.05, 4.69) is 16.3 Å². The molecule has 3 aromatic rings. The summed E-state index contributed by atoms with van der Waals surface area (Å²) in [6.45, 7) is 3.43. The Balaban J connectivity index is 1.20. The van der Waals surface area contributed by atoms with Crippen LogP contribution < -0.4 is 10.1 Å². The first-order valence-corrected chi connectivity index (χ1v) is 16.6. The molecule has 3 aliphatic rings. The second-order valence-electron chi connectivity index (χ2n) is 11.9. The number of hydrogen-bond acceptors (Lipinski definition) is 5. The molecule has 3 aliphatic heterocycles. The van der Waals surface area contributed by atoms with Crippen molar-refractivity contribution >= 4 is 15.9 Å². The number of nitrogens with zero attached hydrogens (tertiary/aromatic N) is 2. The van der Waals surface area contributed by atoms with Crippen molar-refractivity contribution in [3.05, 3.63) is 94.5 Å². The monoisotopic (exact) mass is 627 g/mol. The van der Waals surface area contributed by atoms with Gasteiger partial charge in [-0.2, -0.15) is 17.5 Å². The van der Waals surface area contributed by atoms with Crippen LogP contribution in [0.1, 0.15) is 66.0 Å². The fraction of sp³-hybridized carbons (Fsp3) is 0.424. The summed E-state index contributed by atoms with van der Waals surface area (Å²) in [7, 11) is -4.35. The van der Waals surface area contributed by atoms with E-state index in [0.717, 1.165) is 59.8 Å².